The molecule has 0 spiro atoms. The fourth-order valence-corrected chi connectivity index (χ4v) is 2.64. The molecule has 1 heterocycles. The molecule has 1 aromatic carbocycles. The largest absolute Gasteiger partial charge is 0.401 e. The molecule has 1 aliphatic rings. The van der Waals surface area contributed by atoms with Crippen molar-refractivity contribution in [3.05, 3.63) is 34.9 Å². The number of hydrogen-bond acceptors (Lipinski definition) is 2. The van der Waals surface area contributed by atoms with E-state index in [2.05, 4.69) is 17.6 Å². The Morgan fingerprint density at radius 2 is 2.10 bits per heavy atom. The van der Waals surface area contributed by atoms with Gasteiger partial charge in [-0.15, -0.1) is 0 Å². The maximum absolute atomic E-state index is 12.1. The third-order valence-electron chi connectivity index (χ3n) is 3.61. The summed E-state index contributed by atoms with van der Waals surface area (Å²) in [4.78, 5) is 0. The molecule has 2 N–H and O–H groups in total. The third kappa shape index (κ3) is 4.49. The van der Waals surface area contributed by atoms with Crippen LogP contribution >= 0.6 is 0 Å². The van der Waals surface area contributed by atoms with Crippen molar-refractivity contribution < 1.29 is 13.2 Å². The average Bonchev–Trinajstić information content (AvgIpc) is 2.37. The lowest BCUT2D eigenvalue weighted by Gasteiger charge is -2.26. The van der Waals surface area contributed by atoms with Crippen LogP contribution in [0.2, 0.25) is 0 Å². The van der Waals surface area contributed by atoms with Gasteiger partial charge in [-0.3, -0.25) is 0 Å². The Bertz CT molecular complexity index is 443. The summed E-state index contributed by atoms with van der Waals surface area (Å²) in [6.07, 6.45) is -0.906. The molecular weight excluding hydrogens is 265 g/mol. The van der Waals surface area contributed by atoms with E-state index >= 15 is 0 Å². The molecule has 20 heavy (non-hydrogen) atoms. The second kappa shape index (κ2) is 6.59. The van der Waals surface area contributed by atoms with Crippen LogP contribution in [0.15, 0.2) is 18.2 Å². The minimum atomic E-state index is -4.15. The zero-order chi connectivity index (χ0) is 14.6. The van der Waals surface area contributed by atoms with Gasteiger partial charge in [0, 0.05) is 19.1 Å². The van der Waals surface area contributed by atoms with Gasteiger partial charge in [-0.2, -0.15) is 13.2 Å². The first-order chi connectivity index (χ1) is 9.48. The van der Waals surface area contributed by atoms with Gasteiger partial charge in [-0.05, 0) is 29.5 Å². The van der Waals surface area contributed by atoms with Crippen molar-refractivity contribution in [2.24, 2.45) is 0 Å². The van der Waals surface area contributed by atoms with Crippen LogP contribution in [0.3, 0.4) is 0 Å². The summed E-state index contributed by atoms with van der Waals surface area (Å²) >= 11 is 0. The van der Waals surface area contributed by atoms with E-state index in [1.165, 1.54) is 11.1 Å². The van der Waals surface area contributed by atoms with Gasteiger partial charge in [0.1, 0.15) is 0 Å². The zero-order valence-electron chi connectivity index (χ0n) is 11.7. The Labute approximate surface area is 117 Å². The van der Waals surface area contributed by atoms with Crippen molar-refractivity contribution in [1.82, 2.24) is 10.6 Å². The Morgan fingerprint density at radius 1 is 1.30 bits per heavy atom. The monoisotopic (exact) mass is 286 g/mol. The summed E-state index contributed by atoms with van der Waals surface area (Å²) in [5.41, 5.74) is 3.45. The minimum absolute atomic E-state index is 0.263. The van der Waals surface area contributed by atoms with Gasteiger partial charge in [-0.25, -0.2) is 0 Å². The first-order valence-corrected chi connectivity index (χ1v) is 7.09. The Balaban J connectivity index is 1.95. The molecule has 1 atom stereocenters. The summed E-state index contributed by atoms with van der Waals surface area (Å²) in [6.45, 7) is 2.34. The molecule has 2 nitrogen and oxygen atoms in total. The second-order valence-electron chi connectivity index (χ2n) is 5.39. The lowest BCUT2D eigenvalue weighted by Crippen LogP contribution is -2.35. The average molecular weight is 286 g/mol. The van der Waals surface area contributed by atoms with Crippen molar-refractivity contribution in [2.75, 3.05) is 6.54 Å². The molecule has 5 heteroatoms. The number of rotatable bonds is 5. The minimum Gasteiger partial charge on any atom is -0.310 e. The van der Waals surface area contributed by atoms with Gasteiger partial charge in [-0.1, -0.05) is 31.5 Å². The van der Waals surface area contributed by atoms with Crippen molar-refractivity contribution in [1.29, 1.82) is 0 Å². The van der Waals surface area contributed by atoms with E-state index in [1.807, 2.05) is 18.2 Å². The number of benzene rings is 1. The van der Waals surface area contributed by atoms with Gasteiger partial charge < -0.3 is 10.6 Å². The van der Waals surface area contributed by atoms with Crippen LogP contribution in [0, 0.1) is 0 Å². The highest BCUT2D eigenvalue weighted by Gasteiger charge is 2.26. The van der Waals surface area contributed by atoms with Gasteiger partial charge in [0.25, 0.3) is 0 Å². The molecule has 0 aliphatic carbocycles. The highest BCUT2D eigenvalue weighted by atomic mass is 19.4. The SMILES string of the molecule is CCCC1Cc2cc(CNCC(F)(F)F)ccc2CN1. The molecule has 1 unspecified atom stereocenters. The summed E-state index contributed by atoms with van der Waals surface area (Å²) in [5.74, 6) is 0. The van der Waals surface area contributed by atoms with Crippen LogP contribution in [-0.2, 0) is 19.5 Å². The molecule has 1 aliphatic heterocycles. The van der Waals surface area contributed by atoms with E-state index in [1.54, 1.807) is 0 Å². The third-order valence-corrected chi connectivity index (χ3v) is 3.61. The molecule has 0 saturated heterocycles. The molecule has 0 amide bonds. The molecular formula is C15H21F3N2. The smallest absolute Gasteiger partial charge is 0.310 e. The van der Waals surface area contributed by atoms with Crippen LogP contribution in [-0.4, -0.2) is 18.8 Å². The number of hydrogen-bond donors (Lipinski definition) is 2. The Hall–Kier alpha value is -1.07. The van der Waals surface area contributed by atoms with E-state index in [0.717, 1.165) is 31.4 Å². The van der Waals surface area contributed by atoms with E-state index < -0.39 is 12.7 Å². The molecule has 0 fully saturated rings. The molecule has 1 aromatic rings. The van der Waals surface area contributed by atoms with Crippen LogP contribution in [0.4, 0.5) is 13.2 Å². The van der Waals surface area contributed by atoms with Crippen molar-refractivity contribution in [3.63, 3.8) is 0 Å². The summed E-state index contributed by atoms with van der Waals surface area (Å²) in [7, 11) is 0. The molecule has 0 saturated carbocycles. The predicted octanol–water partition coefficient (Wildman–Crippen LogP) is 3.15. The van der Waals surface area contributed by atoms with Crippen LogP contribution < -0.4 is 10.6 Å². The molecule has 0 bridgehead atoms. The predicted molar refractivity (Wildman–Crippen MR) is 73.4 cm³/mol. The summed E-state index contributed by atoms with van der Waals surface area (Å²) in [5, 5.41) is 5.94. The second-order valence-corrected chi connectivity index (χ2v) is 5.39. The van der Waals surface area contributed by atoms with E-state index in [4.69, 9.17) is 0 Å². The first-order valence-electron chi connectivity index (χ1n) is 7.09. The molecule has 2 rings (SSSR count). The van der Waals surface area contributed by atoms with Crippen molar-refractivity contribution in [2.45, 2.75) is 51.5 Å². The van der Waals surface area contributed by atoms with Gasteiger partial charge in [0.05, 0.1) is 6.54 Å². The van der Waals surface area contributed by atoms with Crippen LogP contribution in [0.5, 0.6) is 0 Å². The molecule has 112 valence electrons. The van der Waals surface area contributed by atoms with E-state index in [9.17, 15) is 13.2 Å². The molecule has 0 radical (unpaired) electrons. The first kappa shape index (κ1) is 15.3. The maximum Gasteiger partial charge on any atom is 0.401 e. The lowest BCUT2D eigenvalue weighted by molar-refractivity contribution is -0.125. The van der Waals surface area contributed by atoms with Crippen molar-refractivity contribution in [3.8, 4) is 0 Å². The topological polar surface area (TPSA) is 24.1 Å². The maximum atomic E-state index is 12.1. The highest BCUT2D eigenvalue weighted by molar-refractivity contribution is 5.34. The molecule has 0 aromatic heterocycles. The van der Waals surface area contributed by atoms with E-state index in [0.29, 0.717) is 6.04 Å². The zero-order valence-corrected chi connectivity index (χ0v) is 11.7. The number of fused-ring (bicyclic) bond motifs is 1. The number of nitrogens with one attached hydrogen (secondary N) is 2. The fourth-order valence-electron chi connectivity index (χ4n) is 2.64. The van der Waals surface area contributed by atoms with Crippen LogP contribution in [0.25, 0.3) is 0 Å². The van der Waals surface area contributed by atoms with Crippen LogP contribution in [0.1, 0.15) is 36.5 Å². The van der Waals surface area contributed by atoms with Gasteiger partial charge >= 0.3 is 6.18 Å². The lowest BCUT2D eigenvalue weighted by atomic mass is 9.92. The standard InChI is InChI=1S/C15H21F3N2/c1-2-3-14-7-13-6-11(4-5-12(13)9-20-14)8-19-10-15(16,17)18/h4-6,14,19-20H,2-3,7-10H2,1H3. The number of alkyl halides is 3. The highest BCUT2D eigenvalue weighted by Crippen LogP contribution is 2.20. The van der Waals surface area contributed by atoms with Gasteiger partial charge in [0.15, 0.2) is 0 Å². The summed E-state index contributed by atoms with van der Waals surface area (Å²) < 4.78 is 36.3. The number of halogens is 3. The van der Waals surface area contributed by atoms with Gasteiger partial charge in [0.2, 0.25) is 0 Å². The fraction of sp³-hybridized carbons (Fsp3) is 0.600. The quantitative estimate of drug-likeness (QED) is 0.869. The van der Waals surface area contributed by atoms with E-state index in [-0.39, 0.29) is 6.54 Å². The van der Waals surface area contributed by atoms with Crippen molar-refractivity contribution >= 4 is 0 Å². The Morgan fingerprint density at radius 3 is 2.80 bits per heavy atom. The Kier molecular flexibility index (Phi) is 5.05. The summed E-state index contributed by atoms with van der Waals surface area (Å²) in [6, 6.07) is 6.47. The normalized spacial score (nSPS) is 18.9.